The Morgan fingerprint density at radius 1 is 1.40 bits per heavy atom. The SMILES string of the molecule is C=C(C)Cn1c(=O)n(C)c(=O)c2c(C)c(C(=O)O)sc21. The van der Waals surface area contributed by atoms with Crippen LogP contribution in [0.15, 0.2) is 21.7 Å². The van der Waals surface area contributed by atoms with Crippen LogP contribution in [0.3, 0.4) is 0 Å². The molecule has 2 heterocycles. The Balaban J connectivity index is 3.03. The van der Waals surface area contributed by atoms with Gasteiger partial charge in [0.05, 0.1) is 5.39 Å². The Kier molecular flexibility index (Phi) is 3.39. The van der Waals surface area contributed by atoms with Gasteiger partial charge in [-0.3, -0.25) is 13.9 Å². The van der Waals surface area contributed by atoms with E-state index in [0.717, 1.165) is 21.5 Å². The van der Waals surface area contributed by atoms with Crippen molar-refractivity contribution < 1.29 is 9.90 Å². The Hall–Kier alpha value is -2.15. The van der Waals surface area contributed by atoms with Crippen molar-refractivity contribution in [1.29, 1.82) is 0 Å². The van der Waals surface area contributed by atoms with Crippen molar-refractivity contribution in [2.24, 2.45) is 7.05 Å². The van der Waals surface area contributed by atoms with Gasteiger partial charge in [0.25, 0.3) is 5.56 Å². The van der Waals surface area contributed by atoms with E-state index in [0.29, 0.717) is 10.4 Å². The summed E-state index contributed by atoms with van der Waals surface area (Å²) in [4.78, 5) is 36.0. The molecule has 0 spiro atoms. The smallest absolute Gasteiger partial charge is 0.346 e. The second-order valence-electron chi connectivity index (χ2n) is 4.73. The fourth-order valence-electron chi connectivity index (χ4n) is 2.08. The molecule has 2 rings (SSSR count). The molecule has 0 radical (unpaired) electrons. The quantitative estimate of drug-likeness (QED) is 0.866. The largest absolute Gasteiger partial charge is 0.477 e. The Morgan fingerprint density at radius 3 is 2.50 bits per heavy atom. The van der Waals surface area contributed by atoms with Gasteiger partial charge < -0.3 is 5.11 Å². The van der Waals surface area contributed by atoms with Crippen LogP contribution in [-0.2, 0) is 13.6 Å². The minimum atomic E-state index is -1.10. The summed E-state index contributed by atoms with van der Waals surface area (Å²) >= 11 is 0.947. The number of aromatic carboxylic acids is 1. The zero-order valence-corrected chi connectivity index (χ0v) is 12.2. The van der Waals surface area contributed by atoms with E-state index in [1.165, 1.54) is 11.6 Å². The normalized spacial score (nSPS) is 10.9. The summed E-state index contributed by atoms with van der Waals surface area (Å²) in [6.45, 7) is 7.36. The number of carboxylic acid groups (broad SMARTS) is 1. The van der Waals surface area contributed by atoms with E-state index in [1.54, 1.807) is 13.8 Å². The first-order valence-corrected chi connectivity index (χ1v) is 6.68. The summed E-state index contributed by atoms with van der Waals surface area (Å²) in [6, 6.07) is 0. The fraction of sp³-hybridized carbons (Fsp3) is 0.308. The molecule has 106 valence electrons. The van der Waals surface area contributed by atoms with Crippen LogP contribution in [-0.4, -0.2) is 20.2 Å². The first-order chi connectivity index (χ1) is 9.25. The average Bonchev–Trinajstić information content (AvgIpc) is 2.69. The van der Waals surface area contributed by atoms with Gasteiger partial charge in [-0.2, -0.15) is 0 Å². The van der Waals surface area contributed by atoms with Crippen molar-refractivity contribution >= 4 is 27.5 Å². The van der Waals surface area contributed by atoms with E-state index >= 15 is 0 Å². The van der Waals surface area contributed by atoms with Crippen molar-refractivity contribution in [1.82, 2.24) is 9.13 Å². The standard InChI is InChI=1S/C13H14N2O4S/c1-6(2)5-15-11-8(10(16)14(4)13(15)19)7(3)9(20-11)12(17)18/h1,5H2,2-4H3,(H,17,18). The maximum Gasteiger partial charge on any atom is 0.346 e. The molecule has 0 atom stereocenters. The lowest BCUT2D eigenvalue weighted by Crippen LogP contribution is -2.38. The molecule has 0 aliphatic carbocycles. The van der Waals surface area contributed by atoms with Crippen LogP contribution in [0.2, 0.25) is 0 Å². The summed E-state index contributed by atoms with van der Waals surface area (Å²) in [5.41, 5.74) is 0.205. The van der Waals surface area contributed by atoms with Crippen molar-refractivity contribution in [3.8, 4) is 0 Å². The highest BCUT2D eigenvalue weighted by Crippen LogP contribution is 2.27. The minimum Gasteiger partial charge on any atom is -0.477 e. The lowest BCUT2D eigenvalue weighted by Gasteiger charge is -2.09. The van der Waals surface area contributed by atoms with Crippen molar-refractivity contribution in [2.75, 3.05) is 0 Å². The van der Waals surface area contributed by atoms with Crippen molar-refractivity contribution in [2.45, 2.75) is 20.4 Å². The molecule has 0 aliphatic rings. The predicted molar refractivity (Wildman–Crippen MR) is 77.8 cm³/mol. The molecule has 0 bridgehead atoms. The van der Waals surface area contributed by atoms with Gasteiger partial charge in [0, 0.05) is 13.6 Å². The Bertz CT molecular complexity index is 854. The third-order valence-electron chi connectivity index (χ3n) is 3.03. The summed E-state index contributed by atoms with van der Waals surface area (Å²) < 4.78 is 2.39. The summed E-state index contributed by atoms with van der Waals surface area (Å²) in [7, 11) is 1.39. The highest BCUT2D eigenvalue weighted by atomic mass is 32.1. The van der Waals surface area contributed by atoms with Gasteiger partial charge in [-0.15, -0.1) is 11.3 Å². The van der Waals surface area contributed by atoms with Gasteiger partial charge >= 0.3 is 11.7 Å². The monoisotopic (exact) mass is 294 g/mol. The van der Waals surface area contributed by atoms with E-state index in [1.807, 2.05) is 0 Å². The molecular formula is C13H14N2O4S. The number of carboxylic acids is 1. The average molecular weight is 294 g/mol. The Labute approximate surface area is 118 Å². The minimum absolute atomic E-state index is 0.0816. The first-order valence-electron chi connectivity index (χ1n) is 5.86. The highest BCUT2D eigenvalue weighted by Gasteiger charge is 2.21. The van der Waals surface area contributed by atoms with Crippen LogP contribution in [0, 0.1) is 6.92 Å². The number of fused-ring (bicyclic) bond motifs is 1. The number of rotatable bonds is 3. The second kappa shape index (κ2) is 4.75. The first kappa shape index (κ1) is 14.3. The van der Waals surface area contributed by atoms with Gasteiger partial charge in [0.15, 0.2) is 0 Å². The summed E-state index contributed by atoms with van der Waals surface area (Å²) in [6.07, 6.45) is 0. The third kappa shape index (κ3) is 2.00. The van der Waals surface area contributed by atoms with Gasteiger partial charge in [0.2, 0.25) is 0 Å². The van der Waals surface area contributed by atoms with Crippen LogP contribution in [0.5, 0.6) is 0 Å². The number of hydrogen-bond donors (Lipinski definition) is 1. The molecule has 0 saturated carbocycles. The lowest BCUT2D eigenvalue weighted by molar-refractivity contribution is 0.0701. The van der Waals surface area contributed by atoms with E-state index in [9.17, 15) is 14.4 Å². The fourth-order valence-corrected chi connectivity index (χ4v) is 3.21. The number of thiophene rings is 1. The van der Waals surface area contributed by atoms with E-state index < -0.39 is 17.2 Å². The van der Waals surface area contributed by atoms with Crippen LogP contribution < -0.4 is 11.2 Å². The van der Waals surface area contributed by atoms with Crippen LogP contribution >= 0.6 is 11.3 Å². The maximum absolute atomic E-state index is 12.2. The van der Waals surface area contributed by atoms with Crippen molar-refractivity contribution in [3.05, 3.63) is 43.4 Å². The topological polar surface area (TPSA) is 81.3 Å². The van der Waals surface area contributed by atoms with Gasteiger partial charge in [0.1, 0.15) is 9.71 Å². The van der Waals surface area contributed by atoms with Crippen LogP contribution in [0.4, 0.5) is 0 Å². The third-order valence-corrected chi connectivity index (χ3v) is 4.33. The van der Waals surface area contributed by atoms with E-state index in [-0.39, 0.29) is 16.8 Å². The molecule has 20 heavy (non-hydrogen) atoms. The molecule has 1 N–H and O–H groups in total. The molecule has 0 aromatic carbocycles. The number of aromatic nitrogens is 2. The number of allylic oxidation sites excluding steroid dienone is 1. The number of nitrogens with zero attached hydrogens (tertiary/aromatic N) is 2. The van der Waals surface area contributed by atoms with Gasteiger partial charge in [-0.05, 0) is 19.4 Å². The van der Waals surface area contributed by atoms with E-state index in [2.05, 4.69) is 6.58 Å². The summed E-state index contributed by atoms with van der Waals surface area (Å²) in [5.74, 6) is -1.10. The maximum atomic E-state index is 12.2. The molecule has 2 aromatic rings. The van der Waals surface area contributed by atoms with Gasteiger partial charge in [-0.1, -0.05) is 12.2 Å². The molecule has 0 aliphatic heterocycles. The zero-order valence-electron chi connectivity index (χ0n) is 11.4. The lowest BCUT2D eigenvalue weighted by atomic mass is 10.2. The number of aryl methyl sites for hydroxylation is 1. The van der Waals surface area contributed by atoms with Gasteiger partial charge in [-0.25, -0.2) is 9.59 Å². The highest BCUT2D eigenvalue weighted by molar-refractivity contribution is 7.20. The number of carbonyl (C=O) groups is 1. The molecule has 2 aromatic heterocycles. The van der Waals surface area contributed by atoms with Crippen LogP contribution in [0.25, 0.3) is 10.2 Å². The summed E-state index contributed by atoms with van der Waals surface area (Å²) in [5, 5.41) is 9.45. The molecular weight excluding hydrogens is 280 g/mol. The zero-order chi connectivity index (χ0) is 15.2. The number of hydrogen-bond acceptors (Lipinski definition) is 4. The Morgan fingerprint density at radius 2 is 2.00 bits per heavy atom. The molecule has 0 fully saturated rings. The van der Waals surface area contributed by atoms with Crippen molar-refractivity contribution in [3.63, 3.8) is 0 Å². The molecule has 6 nitrogen and oxygen atoms in total. The second-order valence-corrected chi connectivity index (χ2v) is 5.73. The molecule has 0 unspecified atom stereocenters. The predicted octanol–water partition coefficient (Wildman–Crippen LogP) is 1.34. The van der Waals surface area contributed by atoms with Crippen LogP contribution in [0.1, 0.15) is 22.2 Å². The van der Waals surface area contributed by atoms with E-state index in [4.69, 9.17) is 5.11 Å². The molecule has 0 saturated heterocycles. The molecule has 7 heteroatoms. The molecule has 0 amide bonds.